The van der Waals surface area contributed by atoms with E-state index in [0.717, 1.165) is 30.0 Å². The molecule has 0 heterocycles. The number of nitrogens with one attached hydrogen (secondary N) is 1. The van der Waals surface area contributed by atoms with Gasteiger partial charge in [-0.05, 0) is 50.1 Å². The summed E-state index contributed by atoms with van der Waals surface area (Å²) in [6, 6.07) is 0. The normalized spacial score (nSPS) is 13.9. The molecule has 0 radical (unpaired) electrons. The molecule has 0 atom stereocenters. The Hall–Kier alpha value is -2.33. The fraction of sp³-hybridized carbons (Fsp3) is 0.381. The number of allylic oxidation sites excluding steroid dienone is 8. The lowest BCUT2D eigenvalue weighted by Gasteiger charge is -2.07. The van der Waals surface area contributed by atoms with Crippen LogP contribution < -0.4 is 5.32 Å². The maximum atomic E-state index is 5.69. The predicted molar refractivity (Wildman–Crippen MR) is 109 cm³/mol. The van der Waals surface area contributed by atoms with Gasteiger partial charge in [-0.2, -0.15) is 0 Å². The number of nitrogens with zero attached hydrogens (tertiary/aromatic N) is 1. The Labute approximate surface area is 153 Å². The molecule has 0 saturated heterocycles. The molecule has 4 nitrogen and oxygen atoms in total. The van der Waals surface area contributed by atoms with Gasteiger partial charge in [-0.25, -0.2) is 4.99 Å². The lowest BCUT2D eigenvalue weighted by molar-refractivity contribution is 0.118. The van der Waals surface area contributed by atoms with Gasteiger partial charge in [0.1, 0.15) is 11.6 Å². The van der Waals surface area contributed by atoms with E-state index in [-0.39, 0.29) is 0 Å². The fourth-order valence-electron chi connectivity index (χ4n) is 1.86. The molecule has 0 saturated carbocycles. The van der Waals surface area contributed by atoms with Crippen LogP contribution in [0.3, 0.4) is 0 Å². The first kappa shape index (κ1) is 22.7. The van der Waals surface area contributed by atoms with Crippen molar-refractivity contribution in [2.24, 2.45) is 4.99 Å². The summed E-state index contributed by atoms with van der Waals surface area (Å²) in [6.07, 6.45) is 13.9. The van der Waals surface area contributed by atoms with E-state index in [1.165, 1.54) is 0 Å². The van der Waals surface area contributed by atoms with Gasteiger partial charge in [0.2, 0.25) is 0 Å². The highest BCUT2D eigenvalue weighted by molar-refractivity contribution is 5.86. The molecule has 0 aromatic carbocycles. The highest BCUT2D eigenvalue weighted by Crippen LogP contribution is 2.12. The van der Waals surface area contributed by atoms with Crippen LogP contribution in [0.5, 0.6) is 0 Å². The Morgan fingerprint density at radius 1 is 1.04 bits per heavy atom. The van der Waals surface area contributed by atoms with Crippen molar-refractivity contribution in [1.29, 1.82) is 0 Å². The summed E-state index contributed by atoms with van der Waals surface area (Å²) in [5.41, 5.74) is 1.93. The Bertz CT molecular complexity index is 552. The second kappa shape index (κ2) is 15.2. The molecule has 138 valence electrons. The minimum atomic E-state index is 0.597. The van der Waals surface area contributed by atoms with Crippen LogP contribution in [-0.4, -0.2) is 33.1 Å². The zero-order chi connectivity index (χ0) is 18.9. The van der Waals surface area contributed by atoms with Crippen LogP contribution in [0.15, 0.2) is 77.3 Å². The highest BCUT2D eigenvalue weighted by atomic mass is 16.5. The maximum absolute atomic E-state index is 5.69. The van der Waals surface area contributed by atoms with Crippen LogP contribution >= 0.6 is 0 Å². The van der Waals surface area contributed by atoms with Gasteiger partial charge < -0.3 is 14.8 Å². The zero-order valence-corrected chi connectivity index (χ0v) is 16.0. The molecule has 0 spiro atoms. The van der Waals surface area contributed by atoms with Gasteiger partial charge in [0, 0.05) is 32.9 Å². The molecule has 0 aromatic heterocycles. The molecule has 0 fully saturated rings. The van der Waals surface area contributed by atoms with Crippen molar-refractivity contribution < 1.29 is 9.47 Å². The van der Waals surface area contributed by atoms with Crippen molar-refractivity contribution in [3.63, 3.8) is 0 Å². The SMILES string of the molecule is C=C\C(=C/C=C(C=C)/C(/C=N\C(=C/C)NC)=C/C)OCCCOCC. The van der Waals surface area contributed by atoms with Crippen LogP contribution in [0.4, 0.5) is 0 Å². The smallest absolute Gasteiger partial charge is 0.121 e. The number of hydrogen-bond acceptors (Lipinski definition) is 4. The average molecular weight is 344 g/mol. The molecule has 0 bridgehead atoms. The van der Waals surface area contributed by atoms with Crippen molar-refractivity contribution in [3.05, 3.63) is 72.3 Å². The Kier molecular flexibility index (Phi) is 13.8. The second-order valence-corrected chi connectivity index (χ2v) is 4.92. The summed E-state index contributed by atoms with van der Waals surface area (Å²) in [5.74, 6) is 1.52. The van der Waals surface area contributed by atoms with Crippen molar-refractivity contribution in [2.45, 2.75) is 27.2 Å². The van der Waals surface area contributed by atoms with Gasteiger partial charge in [-0.3, -0.25) is 0 Å². The Morgan fingerprint density at radius 2 is 1.80 bits per heavy atom. The van der Waals surface area contributed by atoms with Gasteiger partial charge in [0.25, 0.3) is 0 Å². The van der Waals surface area contributed by atoms with E-state index in [2.05, 4.69) is 23.5 Å². The molecule has 0 unspecified atom stereocenters. The van der Waals surface area contributed by atoms with Crippen molar-refractivity contribution >= 4 is 6.21 Å². The first-order chi connectivity index (χ1) is 12.2. The summed E-state index contributed by atoms with van der Waals surface area (Å²) < 4.78 is 11.0. The molecule has 0 rings (SSSR count). The minimum Gasteiger partial charge on any atom is -0.494 e. The molecular weight excluding hydrogens is 312 g/mol. The fourth-order valence-corrected chi connectivity index (χ4v) is 1.86. The zero-order valence-electron chi connectivity index (χ0n) is 16.0. The number of rotatable bonds is 13. The molecule has 0 amide bonds. The molecule has 0 aromatic rings. The maximum Gasteiger partial charge on any atom is 0.121 e. The van der Waals surface area contributed by atoms with Crippen LogP contribution in [0.2, 0.25) is 0 Å². The van der Waals surface area contributed by atoms with Crippen LogP contribution in [0.1, 0.15) is 27.2 Å². The van der Waals surface area contributed by atoms with Crippen molar-refractivity contribution in [2.75, 3.05) is 26.9 Å². The second-order valence-electron chi connectivity index (χ2n) is 4.92. The summed E-state index contributed by atoms with van der Waals surface area (Å²) in [4.78, 5) is 4.41. The van der Waals surface area contributed by atoms with E-state index in [4.69, 9.17) is 9.47 Å². The lowest BCUT2D eigenvalue weighted by Crippen LogP contribution is -2.03. The summed E-state index contributed by atoms with van der Waals surface area (Å²) >= 11 is 0. The average Bonchev–Trinajstić information content (AvgIpc) is 2.65. The van der Waals surface area contributed by atoms with E-state index in [1.807, 2.05) is 58.3 Å². The molecule has 0 aliphatic heterocycles. The third-order valence-electron chi connectivity index (χ3n) is 3.27. The monoisotopic (exact) mass is 344 g/mol. The number of hydrogen-bond donors (Lipinski definition) is 1. The van der Waals surface area contributed by atoms with Gasteiger partial charge in [0.15, 0.2) is 0 Å². The molecule has 25 heavy (non-hydrogen) atoms. The van der Waals surface area contributed by atoms with Crippen LogP contribution in [0.25, 0.3) is 0 Å². The first-order valence-electron chi connectivity index (χ1n) is 8.58. The summed E-state index contributed by atoms with van der Waals surface area (Å²) in [7, 11) is 1.84. The Morgan fingerprint density at radius 3 is 2.32 bits per heavy atom. The van der Waals surface area contributed by atoms with Crippen molar-refractivity contribution in [1.82, 2.24) is 5.32 Å². The van der Waals surface area contributed by atoms with Crippen LogP contribution in [0, 0.1) is 0 Å². The molecule has 0 aliphatic carbocycles. The quantitative estimate of drug-likeness (QED) is 0.228. The Balaban J connectivity index is 5.02. The van der Waals surface area contributed by atoms with Gasteiger partial charge >= 0.3 is 0 Å². The molecule has 1 N–H and O–H groups in total. The van der Waals surface area contributed by atoms with Gasteiger partial charge in [-0.1, -0.05) is 31.4 Å². The highest BCUT2D eigenvalue weighted by Gasteiger charge is 1.99. The largest absolute Gasteiger partial charge is 0.494 e. The summed E-state index contributed by atoms with van der Waals surface area (Å²) in [6.45, 7) is 15.6. The van der Waals surface area contributed by atoms with E-state index in [9.17, 15) is 0 Å². The molecular formula is C21H32N2O2. The van der Waals surface area contributed by atoms with Gasteiger partial charge in [0.05, 0.1) is 6.61 Å². The first-order valence-corrected chi connectivity index (χ1v) is 8.58. The predicted octanol–water partition coefficient (Wildman–Crippen LogP) is 4.71. The van der Waals surface area contributed by atoms with Crippen LogP contribution in [-0.2, 0) is 9.47 Å². The van der Waals surface area contributed by atoms with E-state index < -0.39 is 0 Å². The van der Waals surface area contributed by atoms with Crippen molar-refractivity contribution in [3.8, 4) is 0 Å². The third-order valence-corrected chi connectivity index (χ3v) is 3.27. The van der Waals surface area contributed by atoms with E-state index in [0.29, 0.717) is 19.0 Å². The van der Waals surface area contributed by atoms with E-state index >= 15 is 0 Å². The summed E-state index contributed by atoms with van der Waals surface area (Å²) in [5, 5.41) is 3.02. The molecule has 0 aliphatic rings. The lowest BCUT2D eigenvalue weighted by atomic mass is 10.1. The number of aliphatic imine (C=N–C) groups is 1. The number of ether oxygens (including phenoxy) is 2. The van der Waals surface area contributed by atoms with Gasteiger partial charge in [-0.15, -0.1) is 0 Å². The third kappa shape index (κ3) is 10.2. The standard InChI is InChI=1S/C21H32N2O2/c1-7-18(19(8-2)17-23-21(10-4)22-6)13-14-20(9-3)25-16-12-15-24-11-5/h7-10,13-14,17,22H,1,3,11-12,15-16H2,2,4-6H3/b18-13+,19-8+,20-14+,21-10-,23-17-. The molecule has 4 heteroatoms. The topological polar surface area (TPSA) is 42.9 Å². The minimum absolute atomic E-state index is 0.597. The van der Waals surface area contributed by atoms with E-state index in [1.54, 1.807) is 12.2 Å².